The van der Waals surface area contributed by atoms with E-state index in [0.29, 0.717) is 16.9 Å². The van der Waals surface area contributed by atoms with Crippen molar-refractivity contribution in [2.24, 2.45) is 0 Å². The summed E-state index contributed by atoms with van der Waals surface area (Å²) >= 11 is 0. The van der Waals surface area contributed by atoms with Crippen LogP contribution in [0.15, 0.2) is 66.7 Å². The van der Waals surface area contributed by atoms with Gasteiger partial charge in [0.05, 0.1) is 5.56 Å². The maximum atomic E-state index is 12.7. The second-order valence-electron chi connectivity index (χ2n) is 5.45. The number of hydrogen-bond donors (Lipinski definition) is 1. The molecule has 24 heavy (non-hydrogen) atoms. The molecular formula is C20H12O4. The lowest BCUT2D eigenvalue weighted by Crippen LogP contribution is -2.20. The molecule has 1 aliphatic rings. The molecule has 4 nitrogen and oxygen atoms in total. The smallest absolute Gasteiger partial charge is 0.198 e. The first-order chi connectivity index (χ1) is 11.7. The van der Waals surface area contributed by atoms with Crippen LogP contribution in [-0.4, -0.2) is 16.7 Å². The predicted molar refractivity (Wildman–Crippen MR) is 87.9 cm³/mol. The van der Waals surface area contributed by atoms with Crippen LogP contribution in [0.5, 0.6) is 17.2 Å². The van der Waals surface area contributed by atoms with Gasteiger partial charge in [-0.15, -0.1) is 0 Å². The van der Waals surface area contributed by atoms with Crippen molar-refractivity contribution >= 4 is 11.6 Å². The average Bonchev–Trinajstić information content (AvgIpc) is 2.62. The first-order valence-electron chi connectivity index (χ1n) is 7.44. The van der Waals surface area contributed by atoms with Crippen molar-refractivity contribution in [3.8, 4) is 17.2 Å². The Morgan fingerprint density at radius 2 is 1.29 bits per heavy atom. The standard InChI is InChI=1S/C20H12O4/c21-18-13-8-4-5-9-14(13)19(22)17-15(18)10-11-16(20(17)23)24-12-6-2-1-3-7-12/h1-11,23H. The van der Waals surface area contributed by atoms with E-state index in [9.17, 15) is 14.7 Å². The number of ketones is 2. The zero-order chi connectivity index (χ0) is 16.7. The SMILES string of the molecule is O=C1c2ccccc2C(=O)c2c1ccc(Oc1ccccc1)c2O. The van der Waals surface area contributed by atoms with Crippen LogP contribution in [0.25, 0.3) is 0 Å². The Kier molecular flexibility index (Phi) is 3.17. The van der Waals surface area contributed by atoms with Crippen molar-refractivity contribution in [2.75, 3.05) is 0 Å². The Morgan fingerprint density at radius 3 is 2.00 bits per heavy atom. The van der Waals surface area contributed by atoms with Crippen molar-refractivity contribution in [2.45, 2.75) is 0 Å². The zero-order valence-electron chi connectivity index (χ0n) is 12.5. The second kappa shape index (κ2) is 5.35. The third-order valence-electron chi connectivity index (χ3n) is 4.00. The molecule has 0 spiro atoms. The van der Waals surface area contributed by atoms with Crippen LogP contribution < -0.4 is 4.74 Å². The van der Waals surface area contributed by atoms with Crippen molar-refractivity contribution in [1.29, 1.82) is 0 Å². The van der Waals surface area contributed by atoms with Gasteiger partial charge in [-0.25, -0.2) is 0 Å². The molecule has 0 bridgehead atoms. The van der Waals surface area contributed by atoms with Crippen LogP contribution in [0.3, 0.4) is 0 Å². The molecule has 0 aromatic heterocycles. The van der Waals surface area contributed by atoms with E-state index in [4.69, 9.17) is 4.74 Å². The maximum absolute atomic E-state index is 12.7. The molecule has 116 valence electrons. The van der Waals surface area contributed by atoms with E-state index in [1.54, 1.807) is 48.5 Å². The van der Waals surface area contributed by atoms with E-state index >= 15 is 0 Å². The minimum atomic E-state index is -0.379. The molecular weight excluding hydrogens is 304 g/mol. The Bertz CT molecular complexity index is 974. The van der Waals surface area contributed by atoms with Gasteiger partial charge in [0.1, 0.15) is 5.75 Å². The first-order valence-corrected chi connectivity index (χ1v) is 7.44. The van der Waals surface area contributed by atoms with E-state index in [1.807, 2.05) is 6.07 Å². The third-order valence-corrected chi connectivity index (χ3v) is 4.00. The molecule has 3 aromatic rings. The van der Waals surface area contributed by atoms with Gasteiger partial charge in [0.2, 0.25) is 0 Å². The van der Waals surface area contributed by atoms with Gasteiger partial charge < -0.3 is 9.84 Å². The topological polar surface area (TPSA) is 63.6 Å². The number of fused-ring (bicyclic) bond motifs is 2. The molecule has 0 fully saturated rings. The highest BCUT2D eigenvalue weighted by Crippen LogP contribution is 2.40. The molecule has 4 heteroatoms. The number of phenolic OH excluding ortho intramolecular Hbond substituents is 1. The number of ether oxygens (including phenoxy) is 1. The lowest BCUT2D eigenvalue weighted by molar-refractivity contribution is 0.0976. The summed E-state index contributed by atoms with van der Waals surface area (Å²) in [6.45, 7) is 0. The van der Waals surface area contributed by atoms with Crippen LogP contribution in [-0.2, 0) is 0 Å². The van der Waals surface area contributed by atoms with E-state index in [-0.39, 0.29) is 34.2 Å². The fraction of sp³-hybridized carbons (Fsp3) is 0. The average molecular weight is 316 g/mol. The molecule has 1 N–H and O–H groups in total. The number of carbonyl (C=O) groups excluding carboxylic acids is 2. The van der Waals surface area contributed by atoms with E-state index in [1.165, 1.54) is 12.1 Å². The third kappa shape index (κ3) is 2.08. The van der Waals surface area contributed by atoms with E-state index < -0.39 is 0 Å². The lowest BCUT2D eigenvalue weighted by atomic mass is 9.83. The molecule has 0 unspecified atom stereocenters. The van der Waals surface area contributed by atoms with Crippen molar-refractivity contribution < 1.29 is 19.4 Å². The highest BCUT2D eigenvalue weighted by atomic mass is 16.5. The summed E-state index contributed by atoms with van der Waals surface area (Å²) in [5.74, 6) is -0.301. The Labute approximate surface area is 138 Å². The molecule has 3 aromatic carbocycles. The molecule has 4 rings (SSSR count). The lowest BCUT2D eigenvalue weighted by Gasteiger charge is -2.19. The minimum absolute atomic E-state index is 0.00729. The quantitative estimate of drug-likeness (QED) is 0.608. The first kappa shape index (κ1) is 14.2. The van der Waals surface area contributed by atoms with Crippen LogP contribution in [0.4, 0.5) is 0 Å². The summed E-state index contributed by atoms with van der Waals surface area (Å²) in [4.78, 5) is 25.3. The van der Waals surface area contributed by atoms with Gasteiger partial charge in [0.25, 0.3) is 0 Å². The van der Waals surface area contributed by atoms with Crippen molar-refractivity contribution in [1.82, 2.24) is 0 Å². The number of aromatic hydroxyl groups is 1. The maximum Gasteiger partial charge on any atom is 0.198 e. The van der Waals surface area contributed by atoms with Crippen LogP contribution in [0.1, 0.15) is 31.8 Å². The Morgan fingerprint density at radius 1 is 0.667 bits per heavy atom. The van der Waals surface area contributed by atoms with E-state index in [2.05, 4.69) is 0 Å². The number of rotatable bonds is 2. The molecule has 0 atom stereocenters. The fourth-order valence-electron chi connectivity index (χ4n) is 2.85. The van der Waals surface area contributed by atoms with Gasteiger partial charge in [-0.2, -0.15) is 0 Å². The number of hydrogen-bond acceptors (Lipinski definition) is 4. The summed E-state index contributed by atoms with van der Waals surface area (Å²) in [6, 6.07) is 18.5. The van der Waals surface area contributed by atoms with Gasteiger partial charge in [-0.05, 0) is 24.3 Å². The van der Waals surface area contributed by atoms with Gasteiger partial charge in [0, 0.05) is 16.7 Å². The summed E-state index contributed by atoms with van der Waals surface area (Å²) in [6.07, 6.45) is 0. The van der Waals surface area contributed by atoms with Crippen LogP contribution in [0, 0.1) is 0 Å². The fourth-order valence-corrected chi connectivity index (χ4v) is 2.85. The van der Waals surface area contributed by atoms with Gasteiger partial charge in [-0.1, -0.05) is 42.5 Å². The summed E-state index contributed by atoms with van der Waals surface area (Å²) in [5, 5.41) is 10.5. The molecule has 0 aliphatic heterocycles. The number of benzene rings is 3. The highest BCUT2D eigenvalue weighted by Gasteiger charge is 2.33. The molecule has 1 aliphatic carbocycles. The predicted octanol–water partition coefficient (Wildman–Crippen LogP) is 3.96. The Balaban J connectivity index is 1.84. The summed E-state index contributed by atoms with van der Waals surface area (Å²) in [7, 11) is 0. The molecule has 0 saturated heterocycles. The van der Waals surface area contributed by atoms with Crippen LogP contribution in [0.2, 0.25) is 0 Å². The largest absolute Gasteiger partial charge is 0.504 e. The molecule has 0 radical (unpaired) electrons. The van der Waals surface area contributed by atoms with Crippen LogP contribution >= 0.6 is 0 Å². The van der Waals surface area contributed by atoms with Gasteiger partial charge >= 0.3 is 0 Å². The number of carbonyl (C=O) groups is 2. The minimum Gasteiger partial charge on any atom is -0.504 e. The zero-order valence-corrected chi connectivity index (χ0v) is 12.5. The van der Waals surface area contributed by atoms with Crippen molar-refractivity contribution in [3.05, 3.63) is 89.0 Å². The second-order valence-corrected chi connectivity index (χ2v) is 5.45. The molecule has 0 heterocycles. The molecule has 0 saturated carbocycles. The monoisotopic (exact) mass is 316 g/mol. The highest BCUT2D eigenvalue weighted by molar-refractivity contribution is 6.29. The van der Waals surface area contributed by atoms with Gasteiger partial charge in [0.15, 0.2) is 23.1 Å². The summed E-state index contributed by atoms with van der Waals surface area (Å²) < 4.78 is 5.63. The van der Waals surface area contributed by atoms with Crippen molar-refractivity contribution in [3.63, 3.8) is 0 Å². The summed E-state index contributed by atoms with van der Waals surface area (Å²) in [5.41, 5.74) is 0.831. The van der Waals surface area contributed by atoms with E-state index in [0.717, 1.165) is 0 Å². The normalized spacial score (nSPS) is 12.5. The van der Waals surface area contributed by atoms with Gasteiger partial charge in [-0.3, -0.25) is 9.59 Å². The molecule has 0 amide bonds. The Hall–Kier alpha value is -3.40. The number of phenols is 1. The number of para-hydroxylation sites is 1.